The molecule has 11 heteroatoms. The molecule has 1 N–H and O–H groups in total. The van der Waals surface area contributed by atoms with Crippen LogP contribution in [0.3, 0.4) is 0 Å². The summed E-state index contributed by atoms with van der Waals surface area (Å²) in [6.45, 7) is 1.23. The number of nitrogens with one attached hydrogen (secondary N) is 1. The van der Waals surface area contributed by atoms with Crippen molar-refractivity contribution in [1.29, 1.82) is 0 Å². The molecule has 190 valence electrons. The molecule has 3 rings (SSSR count). The quantitative estimate of drug-likeness (QED) is 0.436. The molecule has 7 nitrogen and oxygen atoms in total. The van der Waals surface area contributed by atoms with Gasteiger partial charge in [0.2, 0.25) is 21.8 Å². The van der Waals surface area contributed by atoms with Crippen LogP contribution in [0.15, 0.2) is 46.9 Å². The highest BCUT2D eigenvalue weighted by Crippen LogP contribution is 2.28. The van der Waals surface area contributed by atoms with Crippen molar-refractivity contribution in [1.82, 2.24) is 10.2 Å². The second kappa shape index (κ2) is 12.0. The Kier molecular flexibility index (Phi) is 9.48. The number of hydrogen-bond donors (Lipinski definition) is 1. The average molecular weight is 605 g/mol. The fourth-order valence-electron chi connectivity index (χ4n) is 4.06. The lowest BCUT2D eigenvalue weighted by Gasteiger charge is -2.32. The van der Waals surface area contributed by atoms with Crippen LogP contribution in [0, 0.1) is 0 Å². The van der Waals surface area contributed by atoms with E-state index in [0.717, 1.165) is 36.2 Å². The third kappa shape index (κ3) is 7.35. The van der Waals surface area contributed by atoms with Gasteiger partial charge in [0, 0.05) is 17.1 Å². The molecule has 1 atom stereocenters. The van der Waals surface area contributed by atoms with Crippen molar-refractivity contribution in [3.05, 3.63) is 62.5 Å². The summed E-state index contributed by atoms with van der Waals surface area (Å²) in [4.78, 5) is 28.0. The second-order valence-electron chi connectivity index (χ2n) is 8.66. The highest BCUT2D eigenvalue weighted by atomic mass is 79.9. The van der Waals surface area contributed by atoms with Gasteiger partial charge in [-0.15, -0.1) is 0 Å². The minimum Gasteiger partial charge on any atom is -0.352 e. The van der Waals surface area contributed by atoms with Crippen LogP contribution >= 0.6 is 39.1 Å². The van der Waals surface area contributed by atoms with E-state index in [0.29, 0.717) is 25.8 Å². The van der Waals surface area contributed by atoms with Crippen LogP contribution in [0.25, 0.3) is 0 Å². The zero-order valence-electron chi connectivity index (χ0n) is 19.5. The first kappa shape index (κ1) is 27.8. The molecule has 1 aliphatic carbocycles. The molecule has 0 aliphatic heterocycles. The lowest BCUT2D eigenvalue weighted by Crippen LogP contribution is -2.52. The first-order valence-electron chi connectivity index (χ1n) is 11.2. The molecule has 1 fully saturated rings. The van der Waals surface area contributed by atoms with Gasteiger partial charge in [0.25, 0.3) is 0 Å². The van der Waals surface area contributed by atoms with Crippen LogP contribution in [-0.2, 0) is 26.2 Å². The Bertz CT molecular complexity index is 1190. The molecule has 2 aromatic rings. The number of rotatable bonds is 9. The number of nitrogens with zero attached hydrogens (tertiary/aromatic N) is 2. The molecule has 0 spiro atoms. The van der Waals surface area contributed by atoms with Gasteiger partial charge >= 0.3 is 0 Å². The van der Waals surface area contributed by atoms with E-state index in [9.17, 15) is 18.0 Å². The summed E-state index contributed by atoms with van der Waals surface area (Å²) in [7, 11) is -3.80. The first-order valence-corrected chi connectivity index (χ1v) is 14.6. The van der Waals surface area contributed by atoms with Gasteiger partial charge in [0.05, 0.1) is 22.0 Å². The fourth-order valence-corrected chi connectivity index (χ4v) is 5.86. The molecule has 2 amide bonds. The van der Waals surface area contributed by atoms with Gasteiger partial charge in [-0.05, 0) is 65.5 Å². The van der Waals surface area contributed by atoms with Gasteiger partial charge in [-0.1, -0.05) is 54.2 Å². The molecular weight excluding hydrogens is 577 g/mol. The maximum atomic E-state index is 13.6. The van der Waals surface area contributed by atoms with Gasteiger partial charge in [-0.2, -0.15) is 0 Å². The molecule has 1 saturated carbocycles. The number of carbonyl (C=O) groups excluding carboxylic acids is 2. The summed E-state index contributed by atoms with van der Waals surface area (Å²) in [6.07, 6.45) is 4.96. The molecule has 2 aromatic carbocycles. The van der Waals surface area contributed by atoms with Gasteiger partial charge in [-0.3, -0.25) is 13.9 Å². The number of para-hydroxylation sites is 1. The number of benzene rings is 2. The van der Waals surface area contributed by atoms with Crippen LogP contribution in [0.1, 0.15) is 38.2 Å². The Balaban J connectivity index is 1.90. The van der Waals surface area contributed by atoms with Gasteiger partial charge in [0.15, 0.2) is 0 Å². The molecule has 0 radical (unpaired) electrons. The minimum absolute atomic E-state index is 0.0581. The van der Waals surface area contributed by atoms with Gasteiger partial charge in [0.1, 0.15) is 12.6 Å². The smallest absolute Gasteiger partial charge is 0.244 e. The van der Waals surface area contributed by atoms with E-state index in [1.807, 2.05) is 0 Å². The monoisotopic (exact) mass is 603 g/mol. The lowest BCUT2D eigenvalue weighted by atomic mass is 10.1. The van der Waals surface area contributed by atoms with Crippen LogP contribution in [0.2, 0.25) is 10.0 Å². The number of anilines is 1. The van der Waals surface area contributed by atoms with E-state index < -0.39 is 28.5 Å². The predicted molar refractivity (Wildman–Crippen MR) is 143 cm³/mol. The molecule has 35 heavy (non-hydrogen) atoms. The summed E-state index contributed by atoms with van der Waals surface area (Å²) in [5, 5.41) is 3.72. The van der Waals surface area contributed by atoms with Crippen molar-refractivity contribution >= 4 is 66.7 Å². The summed E-state index contributed by atoms with van der Waals surface area (Å²) >= 11 is 15.6. The van der Waals surface area contributed by atoms with Crippen LogP contribution in [0.4, 0.5) is 5.69 Å². The molecule has 0 unspecified atom stereocenters. The standard InChI is InChI=1S/C24H28BrCl2N3O4S/c1-16(24(32)28-18-7-3-4-8-18)29(14-17-11-12-20(26)21(27)13-17)23(31)15-30(35(2,33)34)22-10-6-5-9-19(22)25/h5-6,9-13,16,18H,3-4,7-8,14-15H2,1-2H3,(H,28,32)/t16-/m0/s1. The first-order chi connectivity index (χ1) is 16.5. The van der Waals surface area contributed by atoms with E-state index in [-0.39, 0.29) is 18.5 Å². The van der Waals surface area contributed by atoms with E-state index in [1.165, 1.54) is 4.90 Å². The van der Waals surface area contributed by atoms with Gasteiger partial charge < -0.3 is 10.2 Å². The predicted octanol–water partition coefficient (Wildman–Crippen LogP) is 5.00. The minimum atomic E-state index is -3.80. The Labute approximate surface area is 224 Å². The Morgan fingerprint density at radius 3 is 2.37 bits per heavy atom. The maximum Gasteiger partial charge on any atom is 0.244 e. The summed E-state index contributed by atoms with van der Waals surface area (Å²) in [5.41, 5.74) is 1.00. The molecule has 0 aromatic heterocycles. The van der Waals surface area contributed by atoms with Crippen molar-refractivity contribution in [3.63, 3.8) is 0 Å². The van der Waals surface area contributed by atoms with Crippen molar-refractivity contribution < 1.29 is 18.0 Å². The highest BCUT2D eigenvalue weighted by Gasteiger charge is 2.31. The number of hydrogen-bond acceptors (Lipinski definition) is 4. The van der Waals surface area contributed by atoms with E-state index in [4.69, 9.17) is 23.2 Å². The van der Waals surface area contributed by atoms with E-state index >= 15 is 0 Å². The Morgan fingerprint density at radius 2 is 1.77 bits per heavy atom. The molecule has 0 bridgehead atoms. The summed E-state index contributed by atoms with van der Waals surface area (Å²) in [5.74, 6) is -0.802. The van der Waals surface area contributed by atoms with Gasteiger partial charge in [-0.25, -0.2) is 8.42 Å². The summed E-state index contributed by atoms with van der Waals surface area (Å²) < 4.78 is 26.8. The van der Waals surface area contributed by atoms with Crippen LogP contribution in [-0.4, -0.2) is 50.0 Å². The average Bonchev–Trinajstić information content (AvgIpc) is 3.30. The molecule has 0 heterocycles. The SMILES string of the molecule is C[C@@H](C(=O)NC1CCCC1)N(Cc1ccc(Cl)c(Cl)c1)C(=O)CN(c1ccccc1Br)S(C)(=O)=O. The number of halogens is 3. The fraction of sp³-hybridized carbons (Fsp3) is 0.417. The normalized spacial score (nSPS) is 15.0. The molecule has 1 aliphatic rings. The van der Waals surface area contributed by atoms with E-state index in [2.05, 4.69) is 21.2 Å². The molecule has 0 saturated heterocycles. The molecular formula is C24H28BrCl2N3O4S. The van der Waals surface area contributed by atoms with Crippen LogP contribution in [0.5, 0.6) is 0 Å². The van der Waals surface area contributed by atoms with Crippen molar-refractivity contribution in [2.45, 2.75) is 51.2 Å². The Morgan fingerprint density at radius 1 is 1.11 bits per heavy atom. The Hall–Kier alpha value is -1.81. The number of carbonyl (C=O) groups is 2. The van der Waals surface area contributed by atoms with Crippen LogP contribution < -0.4 is 9.62 Å². The van der Waals surface area contributed by atoms with E-state index in [1.54, 1.807) is 49.4 Å². The number of sulfonamides is 1. The number of amides is 2. The largest absolute Gasteiger partial charge is 0.352 e. The summed E-state index contributed by atoms with van der Waals surface area (Å²) in [6, 6.07) is 11.0. The lowest BCUT2D eigenvalue weighted by molar-refractivity contribution is -0.139. The maximum absolute atomic E-state index is 13.6. The highest BCUT2D eigenvalue weighted by molar-refractivity contribution is 9.10. The third-order valence-electron chi connectivity index (χ3n) is 6.01. The third-order valence-corrected chi connectivity index (χ3v) is 8.54. The van der Waals surface area contributed by atoms with Crippen molar-refractivity contribution in [2.24, 2.45) is 0 Å². The topological polar surface area (TPSA) is 86.8 Å². The van der Waals surface area contributed by atoms with Crippen molar-refractivity contribution in [2.75, 3.05) is 17.1 Å². The van der Waals surface area contributed by atoms with Crippen molar-refractivity contribution in [3.8, 4) is 0 Å². The zero-order chi connectivity index (χ0) is 25.8. The zero-order valence-corrected chi connectivity index (χ0v) is 23.4. The second-order valence-corrected chi connectivity index (χ2v) is 12.2.